The van der Waals surface area contributed by atoms with Crippen LogP contribution in [0.1, 0.15) is 31.7 Å². The van der Waals surface area contributed by atoms with E-state index in [2.05, 4.69) is 11.4 Å². The van der Waals surface area contributed by atoms with Crippen LogP contribution in [-0.4, -0.2) is 19.2 Å². The Morgan fingerprint density at radius 3 is 2.79 bits per heavy atom. The third kappa shape index (κ3) is 4.88. The molecule has 0 aliphatic carbocycles. The van der Waals surface area contributed by atoms with Crippen LogP contribution in [0.3, 0.4) is 0 Å². The molecule has 1 N–H and O–H groups in total. The smallest absolute Gasteiger partial charge is 0.165 e. The van der Waals surface area contributed by atoms with Crippen molar-refractivity contribution >= 4 is 0 Å². The molecule has 1 atom stereocenters. The molecule has 0 aliphatic rings. The second-order valence-electron chi connectivity index (χ2n) is 4.93. The predicted molar refractivity (Wildman–Crippen MR) is 73.6 cm³/mol. The molecule has 3 nitrogen and oxygen atoms in total. The zero-order chi connectivity index (χ0) is 14.3. The summed E-state index contributed by atoms with van der Waals surface area (Å²) in [6.07, 6.45) is 2.41. The highest BCUT2D eigenvalue weighted by molar-refractivity contribution is 5.29. The van der Waals surface area contributed by atoms with E-state index in [0.717, 1.165) is 24.8 Å². The summed E-state index contributed by atoms with van der Waals surface area (Å²) in [5.74, 6) is -0.0284. The molecule has 0 bridgehead atoms. The van der Waals surface area contributed by atoms with Gasteiger partial charge in [-0.3, -0.25) is 0 Å². The van der Waals surface area contributed by atoms with E-state index in [1.54, 1.807) is 19.2 Å². The van der Waals surface area contributed by atoms with Gasteiger partial charge in [-0.2, -0.15) is 5.26 Å². The average molecular weight is 264 g/mol. The number of aryl methyl sites for hydroxylation is 1. The summed E-state index contributed by atoms with van der Waals surface area (Å²) in [5, 5.41) is 12.0. The molecule has 0 amide bonds. The van der Waals surface area contributed by atoms with Gasteiger partial charge >= 0.3 is 0 Å². The zero-order valence-corrected chi connectivity index (χ0v) is 11.8. The number of benzene rings is 1. The van der Waals surface area contributed by atoms with Crippen molar-refractivity contribution in [2.24, 2.45) is 0 Å². The minimum absolute atomic E-state index is 0.302. The van der Waals surface area contributed by atoms with Crippen molar-refractivity contribution in [3.05, 3.63) is 29.6 Å². The van der Waals surface area contributed by atoms with Crippen molar-refractivity contribution in [3.63, 3.8) is 0 Å². The summed E-state index contributed by atoms with van der Waals surface area (Å²) in [5.41, 5.74) is 0.484. The lowest BCUT2D eigenvalue weighted by atomic mass is 9.97. The molecular formula is C15H21FN2O. The number of halogens is 1. The number of ether oxygens (including phenoxy) is 1. The first-order valence-corrected chi connectivity index (χ1v) is 6.50. The fraction of sp³-hybridized carbons (Fsp3) is 0.533. The van der Waals surface area contributed by atoms with Gasteiger partial charge in [0.05, 0.1) is 12.7 Å². The summed E-state index contributed by atoms with van der Waals surface area (Å²) in [6.45, 7) is 4.23. The number of rotatable bonds is 7. The SMILES string of the molecule is CNC(C)(C#N)CCCCOc1cc(C)ccc1F. The molecule has 4 heteroatoms. The highest BCUT2D eigenvalue weighted by Gasteiger charge is 2.19. The van der Waals surface area contributed by atoms with Gasteiger partial charge in [-0.15, -0.1) is 0 Å². The van der Waals surface area contributed by atoms with Crippen LogP contribution in [0.5, 0.6) is 5.75 Å². The largest absolute Gasteiger partial charge is 0.491 e. The van der Waals surface area contributed by atoms with Crippen LogP contribution in [0, 0.1) is 24.1 Å². The molecule has 19 heavy (non-hydrogen) atoms. The summed E-state index contributed by atoms with van der Waals surface area (Å²) in [7, 11) is 1.78. The highest BCUT2D eigenvalue weighted by Crippen LogP contribution is 2.19. The first kappa shape index (κ1) is 15.5. The van der Waals surface area contributed by atoms with Gasteiger partial charge in [-0.25, -0.2) is 4.39 Å². The third-order valence-electron chi connectivity index (χ3n) is 3.21. The fourth-order valence-corrected chi connectivity index (χ4v) is 1.72. The van der Waals surface area contributed by atoms with E-state index >= 15 is 0 Å². The molecule has 1 aromatic carbocycles. The number of hydrogen-bond acceptors (Lipinski definition) is 3. The normalized spacial score (nSPS) is 13.6. The van der Waals surface area contributed by atoms with E-state index < -0.39 is 5.54 Å². The predicted octanol–water partition coefficient (Wildman–Crippen LogP) is 3.18. The summed E-state index contributed by atoms with van der Waals surface area (Å²) in [6, 6.07) is 7.07. The second kappa shape index (κ2) is 7.10. The van der Waals surface area contributed by atoms with Crippen molar-refractivity contribution < 1.29 is 9.13 Å². The van der Waals surface area contributed by atoms with Gasteiger partial charge in [0.1, 0.15) is 5.54 Å². The van der Waals surface area contributed by atoms with Crippen molar-refractivity contribution in [1.82, 2.24) is 5.32 Å². The average Bonchev–Trinajstić information content (AvgIpc) is 2.42. The van der Waals surface area contributed by atoms with Crippen LogP contribution in [0.15, 0.2) is 18.2 Å². The number of nitrogens with zero attached hydrogens (tertiary/aromatic N) is 1. The van der Waals surface area contributed by atoms with E-state index in [-0.39, 0.29) is 5.82 Å². The Morgan fingerprint density at radius 1 is 1.42 bits per heavy atom. The molecule has 0 aliphatic heterocycles. The molecule has 0 aromatic heterocycles. The van der Waals surface area contributed by atoms with Gasteiger partial charge < -0.3 is 10.1 Å². The molecule has 0 saturated heterocycles. The van der Waals surface area contributed by atoms with Crippen molar-refractivity contribution in [2.45, 2.75) is 38.6 Å². The van der Waals surface area contributed by atoms with Crippen molar-refractivity contribution in [3.8, 4) is 11.8 Å². The summed E-state index contributed by atoms with van der Waals surface area (Å²) in [4.78, 5) is 0. The molecule has 0 heterocycles. The van der Waals surface area contributed by atoms with E-state index in [1.165, 1.54) is 6.07 Å². The van der Waals surface area contributed by atoms with Gasteiger partial charge in [0.15, 0.2) is 11.6 Å². The Bertz CT molecular complexity index is 456. The summed E-state index contributed by atoms with van der Waals surface area (Å²) < 4.78 is 18.8. The Morgan fingerprint density at radius 2 is 2.16 bits per heavy atom. The van der Waals surface area contributed by atoms with E-state index in [0.29, 0.717) is 12.4 Å². The Hall–Kier alpha value is -1.60. The van der Waals surface area contributed by atoms with Gasteiger partial charge in [0.25, 0.3) is 0 Å². The van der Waals surface area contributed by atoms with Crippen LogP contribution in [0.4, 0.5) is 4.39 Å². The van der Waals surface area contributed by atoms with E-state index in [9.17, 15) is 4.39 Å². The Kier molecular flexibility index (Phi) is 5.78. The summed E-state index contributed by atoms with van der Waals surface area (Å²) >= 11 is 0. The van der Waals surface area contributed by atoms with Crippen molar-refractivity contribution in [2.75, 3.05) is 13.7 Å². The second-order valence-corrected chi connectivity index (χ2v) is 4.93. The van der Waals surface area contributed by atoms with Gasteiger partial charge in [-0.1, -0.05) is 6.07 Å². The molecule has 1 rings (SSSR count). The van der Waals surface area contributed by atoms with Crippen molar-refractivity contribution in [1.29, 1.82) is 5.26 Å². The number of nitrogens with one attached hydrogen (secondary N) is 1. The third-order valence-corrected chi connectivity index (χ3v) is 3.21. The first-order chi connectivity index (χ1) is 9.00. The van der Waals surface area contributed by atoms with Crippen LogP contribution in [0.2, 0.25) is 0 Å². The Balaban J connectivity index is 2.32. The Labute approximate surface area is 114 Å². The monoisotopic (exact) mass is 264 g/mol. The fourth-order valence-electron chi connectivity index (χ4n) is 1.72. The molecular weight excluding hydrogens is 243 g/mol. The zero-order valence-electron chi connectivity index (χ0n) is 11.8. The minimum atomic E-state index is -0.491. The van der Waals surface area contributed by atoms with Gasteiger partial charge in [0.2, 0.25) is 0 Å². The number of unbranched alkanes of at least 4 members (excludes halogenated alkanes) is 1. The van der Waals surface area contributed by atoms with E-state index in [1.807, 2.05) is 13.8 Å². The maximum atomic E-state index is 13.4. The van der Waals surface area contributed by atoms with E-state index in [4.69, 9.17) is 10.00 Å². The lowest BCUT2D eigenvalue weighted by Gasteiger charge is -2.20. The number of hydrogen-bond donors (Lipinski definition) is 1. The molecule has 0 saturated carbocycles. The van der Waals surface area contributed by atoms with Gasteiger partial charge in [-0.05, 0) is 57.9 Å². The molecule has 104 valence electrons. The molecule has 0 fully saturated rings. The highest BCUT2D eigenvalue weighted by atomic mass is 19.1. The minimum Gasteiger partial charge on any atom is -0.491 e. The number of nitriles is 1. The van der Waals surface area contributed by atoms with Crippen LogP contribution >= 0.6 is 0 Å². The quantitative estimate of drug-likeness (QED) is 0.769. The maximum absolute atomic E-state index is 13.4. The molecule has 0 spiro atoms. The molecule has 1 aromatic rings. The van der Waals surface area contributed by atoms with Gasteiger partial charge in [0, 0.05) is 0 Å². The lowest BCUT2D eigenvalue weighted by Crippen LogP contribution is -2.37. The van der Waals surface area contributed by atoms with Crippen LogP contribution in [-0.2, 0) is 0 Å². The first-order valence-electron chi connectivity index (χ1n) is 6.50. The molecule has 0 radical (unpaired) electrons. The standard InChI is InChI=1S/C15H21FN2O/c1-12-6-7-13(16)14(10-12)19-9-5-4-8-15(2,11-17)18-3/h6-7,10,18H,4-5,8-9H2,1-3H3. The topological polar surface area (TPSA) is 45.0 Å². The molecule has 1 unspecified atom stereocenters. The maximum Gasteiger partial charge on any atom is 0.165 e. The van der Waals surface area contributed by atoms with Crippen LogP contribution in [0.25, 0.3) is 0 Å². The lowest BCUT2D eigenvalue weighted by molar-refractivity contribution is 0.284. The van der Waals surface area contributed by atoms with Crippen LogP contribution < -0.4 is 10.1 Å².